The third-order valence-corrected chi connectivity index (χ3v) is 3.20. The molecule has 7 heteroatoms. The van der Waals surface area contributed by atoms with Crippen molar-refractivity contribution >= 4 is 17.2 Å². The Morgan fingerprint density at radius 3 is 2.83 bits per heavy atom. The molecule has 2 rings (SSSR count). The van der Waals surface area contributed by atoms with Crippen molar-refractivity contribution < 1.29 is 13.2 Å². The fraction of sp³-hybridized carbons (Fsp3) is 0.364. The fourth-order valence-corrected chi connectivity index (χ4v) is 2.22. The molecule has 98 valence electrons. The first-order valence-corrected chi connectivity index (χ1v) is 6.16. The molecule has 0 atom stereocenters. The molecule has 0 aromatic carbocycles. The minimum atomic E-state index is -2.43. The number of rotatable bonds is 5. The summed E-state index contributed by atoms with van der Waals surface area (Å²) in [7, 11) is 0. The van der Waals surface area contributed by atoms with Crippen molar-refractivity contribution in [2.75, 3.05) is 5.32 Å². The first-order chi connectivity index (χ1) is 8.54. The zero-order valence-corrected chi connectivity index (χ0v) is 10.5. The Morgan fingerprint density at radius 2 is 2.22 bits per heavy atom. The lowest BCUT2D eigenvalue weighted by Crippen LogP contribution is -2.07. The van der Waals surface area contributed by atoms with Crippen molar-refractivity contribution in [1.82, 2.24) is 9.78 Å². The van der Waals surface area contributed by atoms with Crippen LogP contribution in [0.15, 0.2) is 18.3 Å². The van der Waals surface area contributed by atoms with Crippen LogP contribution in [0.5, 0.6) is 0 Å². The van der Waals surface area contributed by atoms with Crippen molar-refractivity contribution in [2.45, 2.75) is 26.4 Å². The maximum Gasteiger partial charge on any atom is 0.257 e. The summed E-state index contributed by atoms with van der Waals surface area (Å²) in [5.41, 5.74) is 0.785. The standard InChI is InChI=1S/C11H12F3N3S/c1-7-5-17(6-9(12)13)16-11(7)15-4-8-2-3-10(14)18-8/h2-3,5,9H,4,6H2,1H3,(H,15,16). The van der Waals surface area contributed by atoms with Crippen molar-refractivity contribution in [3.63, 3.8) is 0 Å². The summed E-state index contributed by atoms with van der Waals surface area (Å²) in [6, 6.07) is 3.07. The molecule has 18 heavy (non-hydrogen) atoms. The van der Waals surface area contributed by atoms with E-state index in [1.807, 2.05) is 0 Å². The van der Waals surface area contributed by atoms with Gasteiger partial charge >= 0.3 is 0 Å². The molecule has 0 saturated heterocycles. The van der Waals surface area contributed by atoms with Gasteiger partial charge in [-0.15, -0.1) is 11.3 Å². The average Bonchev–Trinajstić information content (AvgIpc) is 2.82. The van der Waals surface area contributed by atoms with E-state index >= 15 is 0 Å². The van der Waals surface area contributed by atoms with Crippen LogP contribution in [-0.4, -0.2) is 16.2 Å². The van der Waals surface area contributed by atoms with Crippen LogP contribution in [0.25, 0.3) is 0 Å². The molecule has 0 amide bonds. The second-order valence-electron chi connectivity index (χ2n) is 3.83. The Hall–Kier alpha value is -1.50. The molecule has 1 N–H and O–H groups in total. The molecule has 2 aromatic rings. The maximum atomic E-state index is 12.8. The summed E-state index contributed by atoms with van der Waals surface area (Å²) in [6.07, 6.45) is -0.868. The van der Waals surface area contributed by atoms with Gasteiger partial charge in [0.1, 0.15) is 6.54 Å². The van der Waals surface area contributed by atoms with E-state index in [1.54, 1.807) is 19.2 Å². The molecule has 0 unspecified atom stereocenters. The molecular formula is C11H12F3N3S. The zero-order chi connectivity index (χ0) is 13.1. The molecule has 0 radical (unpaired) electrons. The van der Waals surface area contributed by atoms with Crippen LogP contribution in [0.2, 0.25) is 0 Å². The molecule has 3 nitrogen and oxygen atoms in total. The van der Waals surface area contributed by atoms with Crippen LogP contribution in [0.3, 0.4) is 0 Å². The highest BCUT2D eigenvalue weighted by Crippen LogP contribution is 2.18. The second-order valence-corrected chi connectivity index (χ2v) is 4.95. The highest BCUT2D eigenvalue weighted by Gasteiger charge is 2.09. The number of anilines is 1. The van der Waals surface area contributed by atoms with Crippen LogP contribution in [0.1, 0.15) is 10.4 Å². The first-order valence-electron chi connectivity index (χ1n) is 5.35. The summed E-state index contributed by atoms with van der Waals surface area (Å²) < 4.78 is 38.4. The lowest BCUT2D eigenvalue weighted by molar-refractivity contribution is 0.122. The van der Waals surface area contributed by atoms with Crippen molar-refractivity contribution in [3.8, 4) is 0 Å². The van der Waals surface area contributed by atoms with Gasteiger partial charge in [-0.2, -0.15) is 9.49 Å². The minimum absolute atomic E-state index is 0.244. The molecular weight excluding hydrogens is 263 g/mol. The lowest BCUT2D eigenvalue weighted by atomic mass is 10.3. The number of alkyl halides is 2. The number of hydrogen-bond acceptors (Lipinski definition) is 3. The second kappa shape index (κ2) is 5.43. The average molecular weight is 275 g/mol. The van der Waals surface area contributed by atoms with Crippen molar-refractivity contribution in [2.24, 2.45) is 0 Å². The van der Waals surface area contributed by atoms with E-state index in [4.69, 9.17) is 0 Å². The monoisotopic (exact) mass is 275 g/mol. The molecule has 0 saturated carbocycles. The predicted octanol–water partition coefficient (Wildman–Crippen LogP) is 3.27. The van der Waals surface area contributed by atoms with Gasteiger partial charge in [0, 0.05) is 16.6 Å². The lowest BCUT2D eigenvalue weighted by Gasteiger charge is -2.02. The highest BCUT2D eigenvalue weighted by atomic mass is 32.1. The van der Waals surface area contributed by atoms with Gasteiger partial charge in [0.15, 0.2) is 10.9 Å². The third kappa shape index (κ3) is 3.25. The SMILES string of the molecule is Cc1cn(CC(F)F)nc1NCc1ccc(F)s1. The highest BCUT2D eigenvalue weighted by molar-refractivity contribution is 7.10. The van der Waals surface area contributed by atoms with Crippen LogP contribution in [-0.2, 0) is 13.1 Å². The van der Waals surface area contributed by atoms with Crippen LogP contribution < -0.4 is 5.32 Å². The van der Waals surface area contributed by atoms with Gasteiger partial charge in [0.25, 0.3) is 6.43 Å². The molecule has 0 aliphatic heterocycles. The molecule has 2 heterocycles. The van der Waals surface area contributed by atoms with Gasteiger partial charge in [-0.25, -0.2) is 8.78 Å². The quantitative estimate of drug-likeness (QED) is 0.907. The molecule has 2 aromatic heterocycles. The smallest absolute Gasteiger partial charge is 0.257 e. The first kappa shape index (κ1) is 12.9. The minimum Gasteiger partial charge on any atom is -0.363 e. The molecule has 0 fully saturated rings. The molecule has 0 aliphatic rings. The third-order valence-electron chi connectivity index (χ3n) is 2.33. The summed E-state index contributed by atoms with van der Waals surface area (Å²) >= 11 is 1.05. The van der Waals surface area contributed by atoms with Gasteiger partial charge in [-0.05, 0) is 19.1 Å². The summed E-state index contributed by atoms with van der Waals surface area (Å²) in [5.74, 6) is 0.546. The summed E-state index contributed by atoms with van der Waals surface area (Å²) in [6.45, 7) is 1.80. The fourth-order valence-electron chi connectivity index (χ4n) is 1.55. The Kier molecular flexibility index (Phi) is 3.90. The van der Waals surface area contributed by atoms with Gasteiger partial charge < -0.3 is 5.32 Å². The van der Waals surface area contributed by atoms with E-state index < -0.39 is 13.0 Å². The zero-order valence-electron chi connectivity index (χ0n) is 9.66. The van der Waals surface area contributed by atoms with E-state index in [2.05, 4.69) is 10.4 Å². The Balaban J connectivity index is 1.98. The summed E-state index contributed by atoms with van der Waals surface area (Å²) in [4.78, 5) is 0.829. The Morgan fingerprint density at radius 1 is 1.44 bits per heavy atom. The van der Waals surface area contributed by atoms with Gasteiger partial charge in [-0.1, -0.05) is 0 Å². The predicted molar refractivity (Wildman–Crippen MR) is 64.6 cm³/mol. The Bertz CT molecular complexity index is 521. The molecule has 0 aliphatic carbocycles. The number of aryl methyl sites for hydroxylation is 1. The van der Waals surface area contributed by atoms with E-state index in [9.17, 15) is 13.2 Å². The van der Waals surface area contributed by atoms with Crippen molar-refractivity contribution in [3.05, 3.63) is 33.9 Å². The normalized spacial score (nSPS) is 11.2. The van der Waals surface area contributed by atoms with Crippen LogP contribution in [0.4, 0.5) is 19.0 Å². The number of nitrogens with zero attached hydrogens (tertiary/aromatic N) is 2. The number of nitrogens with one attached hydrogen (secondary N) is 1. The van der Waals surface area contributed by atoms with E-state index in [0.29, 0.717) is 12.4 Å². The molecule has 0 bridgehead atoms. The number of halogens is 3. The van der Waals surface area contributed by atoms with Crippen LogP contribution >= 0.6 is 11.3 Å². The van der Waals surface area contributed by atoms with E-state index in [1.165, 1.54) is 10.7 Å². The molecule has 0 spiro atoms. The van der Waals surface area contributed by atoms with Gasteiger partial charge in [0.05, 0.1) is 6.54 Å². The van der Waals surface area contributed by atoms with E-state index in [-0.39, 0.29) is 5.13 Å². The number of aromatic nitrogens is 2. The van der Waals surface area contributed by atoms with Gasteiger partial charge in [0.2, 0.25) is 0 Å². The Labute approximate surface area is 106 Å². The maximum absolute atomic E-state index is 12.8. The summed E-state index contributed by atoms with van der Waals surface area (Å²) in [5, 5.41) is 6.77. The van der Waals surface area contributed by atoms with Gasteiger partial charge in [-0.3, -0.25) is 4.68 Å². The van der Waals surface area contributed by atoms with Crippen LogP contribution in [0, 0.1) is 12.1 Å². The number of hydrogen-bond donors (Lipinski definition) is 1. The largest absolute Gasteiger partial charge is 0.363 e. The van der Waals surface area contributed by atoms with Crippen molar-refractivity contribution in [1.29, 1.82) is 0 Å². The number of thiophene rings is 1. The van der Waals surface area contributed by atoms with E-state index in [0.717, 1.165) is 21.8 Å². The topological polar surface area (TPSA) is 29.9 Å².